The number of fused-ring (bicyclic) bond motifs is 1. The molecule has 0 radical (unpaired) electrons. The first-order valence-electron chi connectivity index (χ1n) is 12.8. The minimum atomic E-state index is -0.555. The highest BCUT2D eigenvalue weighted by Crippen LogP contribution is 2.29. The summed E-state index contributed by atoms with van der Waals surface area (Å²) in [5, 5.41) is 6.71. The first-order chi connectivity index (χ1) is 16.9. The molecule has 1 fully saturated rings. The smallest absolute Gasteiger partial charge is 0.242 e. The van der Waals surface area contributed by atoms with Crippen LogP contribution >= 0.6 is 11.6 Å². The van der Waals surface area contributed by atoms with E-state index in [-0.39, 0.29) is 23.5 Å². The van der Waals surface area contributed by atoms with Crippen LogP contribution in [0.15, 0.2) is 42.5 Å². The molecule has 1 aliphatic heterocycles. The molecule has 0 spiro atoms. The second-order valence-corrected chi connectivity index (χ2v) is 10.3. The SMILES string of the molecule is CC(C(=O)NC(CC1CCCCC1)C(=O)NCCN1CCc2cc(F)ccc21)c1ccc(Cl)cc1. The summed E-state index contributed by atoms with van der Waals surface area (Å²) in [6.45, 7) is 3.78. The maximum Gasteiger partial charge on any atom is 0.242 e. The molecule has 0 saturated heterocycles. The van der Waals surface area contributed by atoms with Crippen molar-refractivity contribution in [2.45, 2.75) is 63.8 Å². The lowest BCUT2D eigenvalue weighted by Crippen LogP contribution is -2.50. The molecule has 2 atom stereocenters. The summed E-state index contributed by atoms with van der Waals surface area (Å²) in [4.78, 5) is 28.5. The van der Waals surface area contributed by atoms with Crippen LogP contribution in [0.25, 0.3) is 0 Å². The molecular weight excluding hydrogens is 465 g/mol. The second kappa shape index (κ2) is 11.9. The topological polar surface area (TPSA) is 61.4 Å². The lowest BCUT2D eigenvalue weighted by atomic mass is 9.84. The number of carbonyl (C=O) groups excluding carboxylic acids is 2. The fourth-order valence-corrected chi connectivity index (χ4v) is 5.42. The summed E-state index contributed by atoms with van der Waals surface area (Å²) in [6, 6.07) is 11.6. The van der Waals surface area contributed by atoms with Crippen LogP contribution in [0.3, 0.4) is 0 Å². The first kappa shape index (κ1) is 25.5. The molecule has 7 heteroatoms. The molecule has 2 amide bonds. The Morgan fingerprint density at radius 2 is 1.83 bits per heavy atom. The highest BCUT2D eigenvalue weighted by Gasteiger charge is 2.28. The van der Waals surface area contributed by atoms with E-state index in [2.05, 4.69) is 15.5 Å². The molecule has 2 N–H and O–H groups in total. The van der Waals surface area contributed by atoms with E-state index in [4.69, 9.17) is 11.6 Å². The van der Waals surface area contributed by atoms with E-state index in [1.165, 1.54) is 25.3 Å². The van der Waals surface area contributed by atoms with Gasteiger partial charge in [-0.25, -0.2) is 4.39 Å². The predicted molar refractivity (Wildman–Crippen MR) is 138 cm³/mol. The monoisotopic (exact) mass is 499 g/mol. The van der Waals surface area contributed by atoms with Gasteiger partial charge in [0, 0.05) is 30.3 Å². The fraction of sp³-hybridized carbons (Fsp3) is 0.500. The number of rotatable bonds is 9. The minimum Gasteiger partial charge on any atom is -0.369 e. The third kappa shape index (κ3) is 6.75. The molecule has 1 aliphatic carbocycles. The molecular formula is C28H35ClFN3O2. The van der Waals surface area contributed by atoms with Gasteiger partial charge in [-0.15, -0.1) is 0 Å². The lowest BCUT2D eigenvalue weighted by Gasteiger charge is -2.28. The van der Waals surface area contributed by atoms with Crippen molar-refractivity contribution >= 4 is 29.1 Å². The largest absolute Gasteiger partial charge is 0.369 e. The second-order valence-electron chi connectivity index (χ2n) is 9.88. The van der Waals surface area contributed by atoms with E-state index in [0.29, 0.717) is 30.5 Å². The summed E-state index contributed by atoms with van der Waals surface area (Å²) in [6.07, 6.45) is 7.29. The zero-order chi connectivity index (χ0) is 24.8. The van der Waals surface area contributed by atoms with Gasteiger partial charge in [-0.1, -0.05) is 55.8 Å². The average Bonchev–Trinajstić information content (AvgIpc) is 3.26. The van der Waals surface area contributed by atoms with Gasteiger partial charge in [0.2, 0.25) is 11.8 Å². The van der Waals surface area contributed by atoms with E-state index < -0.39 is 6.04 Å². The molecule has 2 aliphatic rings. The molecule has 1 saturated carbocycles. The Kier molecular flexibility index (Phi) is 8.66. The van der Waals surface area contributed by atoms with Crippen LogP contribution in [0, 0.1) is 11.7 Å². The predicted octanol–water partition coefficient (Wildman–Crippen LogP) is 5.22. The minimum absolute atomic E-state index is 0.134. The number of carbonyl (C=O) groups is 2. The number of nitrogens with zero attached hydrogens (tertiary/aromatic N) is 1. The standard InChI is InChI=1S/C28H35ClFN3O2/c1-19(21-7-9-23(29)10-8-21)27(34)32-25(17-20-5-3-2-4-6-20)28(35)31-14-16-33-15-13-22-18-24(30)11-12-26(22)33/h7-12,18-20,25H,2-6,13-17H2,1H3,(H,31,35)(H,32,34). The van der Waals surface area contributed by atoms with Crippen molar-refractivity contribution in [1.29, 1.82) is 0 Å². The highest BCUT2D eigenvalue weighted by molar-refractivity contribution is 6.30. The van der Waals surface area contributed by atoms with Gasteiger partial charge in [0.15, 0.2) is 0 Å². The Morgan fingerprint density at radius 1 is 1.09 bits per heavy atom. The van der Waals surface area contributed by atoms with Crippen LogP contribution in [-0.4, -0.2) is 37.5 Å². The maximum atomic E-state index is 13.5. The van der Waals surface area contributed by atoms with Crippen molar-refractivity contribution < 1.29 is 14.0 Å². The number of nitrogens with one attached hydrogen (secondary N) is 2. The summed E-state index contributed by atoms with van der Waals surface area (Å²) < 4.78 is 13.5. The molecule has 0 bridgehead atoms. The van der Waals surface area contributed by atoms with Gasteiger partial charge in [0.1, 0.15) is 11.9 Å². The van der Waals surface area contributed by atoms with Crippen LogP contribution in [0.5, 0.6) is 0 Å². The van der Waals surface area contributed by atoms with Gasteiger partial charge in [0.25, 0.3) is 0 Å². The normalized spacial score (nSPS) is 17.5. The third-order valence-corrected chi connectivity index (χ3v) is 7.66. The highest BCUT2D eigenvalue weighted by atomic mass is 35.5. The Bertz CT molecular complexity index is 1020. The van der Waals surface area contributed by atoms with Crippen molar-refractivity contribution in [3.05, 3.63) is 64.4 Å². The molecule has 4 rings (SSSR count). The first-order valence-corrected chi connectivity index (χ1v) is 13.2. The van der Waals surface area contributed by atoms with Crippen molar-refractivity contribution in [3.8, 4) is 0 Å². The number of hydrogen-bond acceptors (Lipinski definition) is 3. The van der Waals surface area contributed by atoms with Gasteiger partial charge < -0.3 is 15.5 Å². The van der Waals surface area contributed by atoms with Crippen molar-refractivity contribution in [3.63, 3.8) is 0 Å². The number of anilines is 1. The molecule has 1 heterocycles. The number of amides is 2. The molecule has 2 aromatic carbocycles. The van der Waals surface area contributed by atoms with E-state index >= 15 is 0 Å². The fourth-order valence-electron chi connectivity index (χ4n) is 5.30. The van der Waals surface area contributed by atoms with Gasteiger partial charge in [-0.2, -0.15) is 0 Å². The molecule has 35 heavy (non-hydrogen) atoms. The lowest BCUT2D eigenvalue weighted by molar-refractivity contribution is -0.130. The summed E-state index contributed by atoms with van der Waals surface area (Å²) >= 11 is 5.99. The van der Waals surface area contributed by atoms with E-state index in [1.807, 2.05) is 25.1 Å². The zero-order valence-electron chi connectivity index (χ0n) is 20.4. The number of halogens is 2. The molecule has 2 aromatic rings. The Hall–Kier alpha value is -2.60. The van der Waals surface area contributed by atoms with Gasteiger partial charge in [-0.3, -0.25) is 9.59 Å². The molecule has 0 aromatic heterocycles. The summed E-state index contributed by atoms with van der Waals surface area (Å²) in [5.41, 5.74) is 2.91. The van der Waals surface area contributed by atoms with E-state index in [1.54, 1.807) is 18.2 Å². The third-order valence-electron chi connectivity index (χ3n) is 7.40. The van der Waals surface area contributed by atoms with Gasteiger partial charge in [-0.05, 0) is 67.1 Å². The van der Waals surface area contributed by atoms with E-state index in [0.717, 1.165) is 42.6 Å². The quantitative estimate of drug-likeness (QED) is 0.497. The van der Waals surface area contributed by atoms with E-state index in [9.17, 15) is 14.0 Å². The van der Waals surface area contributed by atoms with Crippen LogP contribution in [0.1, 0.15) is 62.5 Å². The van der Waals surface area contributed by atoms with Crippen LogP contribution in [0.4, 0.5) is 10.1 Å². The maximum absolute atomic E-state index is 13.5. The Morgan fingerprint density at radius 3 is 2.57 bits per heavy atom. The van der Waals surface area contributed by atoms with Gasteiger partial charge >= 0.3 is 0 Å². The zero-order valence-corrected chi connectivity index (χ0v) is 21.1. The molecule has 188 valence electrons. The van der Waals surface area contributed by atoms with Gasteiger partial charge in [0.05, 0.1) is 5.92 Å². The van der Waals surface area contributed by atoms with Crippen molar-refractivity contribution in [2.75, 3.05) is 24.5 Å². The Labute approximate surface area is 212 Å². The summed E-state index contributed by atoms with van der Waals surface area (Å²) in [5.74, 6) is -0.432. The molecule has 5 nitrogen and oxygen atoms in total. The number of hydrogen-bond donors (Lipinski definition) is 2. The molecule has 2 unspecified atom stereocenters. The van der Waals surface area contributed by atoms with Crippen molar-refractivity contribution in [1.82, 2.24) is 10.6 Å². The van der Waals surface area contributed by atoms with Crippen molar-refractivity contribution in [2.24, 2.45) is 5.92 Å². The summed E-state index contributed by atoms with van der Waals surface area (Å²) in [7, 11) is 0. The average molecular weight is 500 g/mol. The Balaban J connectivity index is 1.35. The van der Waals surface area contributed by atoms with Crippen LogP contribution in [0.2, 0.25) is 5.02 Å². The van der Waals surface area contributed by atoms with Crippen LogP contribution in [-0.2, 0) is 16.0 Å². The number of benzene rings is 2. The van der Waals surface area contributed by atoms with Crippen LogP contribution < -0.4 is 15.5 Å².